The van der Waals surface area contributed by atoms with Crippen molar-refractivity contribution in [3.63, 3.8) is 0 Å². The maximum atomic E-state index is 11.0. The van der Waals surface area contributed by atoms with E-state index >= 15 is 0 Å². The van der Waals surface area contributed by atoms with Crippen LogP contribution in [0.2, 0.25) is 0 Å². The van der Waals surface area contributed by atoms with Crippen LogP contribution in [0.1, 0.15) is 19.1 Å². The van der Waals surface area contributed by atoms with Crippen LogP contribution in [-0.4, -0.2) is 62.9 Å². The Morgan fingerprint density at radius 3 is 2.88 bits per heavy atom. The van der Waals surface area contributed by atoms with Crippen molar-refractivity contribution in [3.8, 4) is 0 Å². The van der Waals surface area contributed by atoms with Gasteiger partial charge in [-0.1, -0.05) is 0 Å². The van der Waals surface area contributed by atoms with Crippen molar-refractivity contribution in [2.45, 2.75) is 37.3 Å². The zero-order valence-corrected chi connectivity index (χ0v) is 13.5. The molecule has 3 rings (SSSR count). The van der Waals surface area contributed by atoms with Gasteiger partial charge in [-0.05, 0) is 13.5 Å². The SMILES string of the molecule is CNc1ncnc2c1ncn2[C@@H]1O[C@H](CCC(N)=O)C(NC)C1O. The first-order chi connectivity index (χ1) is 11.6. The number of aliphatic hydroxyl groups is 1. The quantitative estimate of drug-likeness (QED) is 0.526. The summed E-state index contributed by atoms with van der Waals surface area (Å²) < 4.78 is 7.65. The second-order valence-corrected chi connectivity index (χ2v) is 5.67. The molecule has 0 radical (unpaired) electrons. The Kier molecular flexibility index (Phi) is 4.60. The molecular formula is C14H21N7O3. The normalized spacial score (nSPS) is 26.8. The molecule has 5 N–H and O–H groups in total. The molecule has 2 aromatic rings. The number of amides is 1. The number of nitrogens with one attached hydrogen (secondary N) is 2. The summed E-state index contributed by atoms with van der Waals surface area (Å²) in [6, 6.07) is -0.322. The Bertz CT molecular complexity index is 734. The standard InChI is InChI=1S/C14H21N7O3/c1-16-9-7(3-4-8(15)22)24-14(11(9)23)21-6-20-10-12(17-2)18-5-19-13(10)21/h5-7,9,11,14,16,23H,3-4H2,1-2H3,(H2,15,22)(H,17,18,19)/t7-,9?,11?,14-/m1/s1. The van der Waals surface area contributed by atoms with Crippen molar-refractivity contribution >= 4 is 22.9 Å². The number of aliphatic hydroxyl groups excluding tert-OH is 1. The summed E-state index contributed by atoms with van der Waals surface area (Å²) in [6.07, 6.45) is 1.79. The number of nitrogens with two attached hydrogens (primary N) is 1. The van der Waals surface area contributed by atoms with Crippen LogP contribution in [-0.2, 0) is 9.53 Å². The number of hydrogen-bond acceptors (Lipinski definition) is 8. The van der Waals surface area contributed by atoms with E-state index in [-0.39, 0.29) is 18.6 Å². The summed E-state index contributed by atoms with van der Waals surface area (Å²) in [5.74, 6) is 0.201. The van der Waals surface area contributed by atoms with Crippen LogP contribution in [0, 0.1) is 0 Å². The van der Waals surface area contributed by atoms with Gasteiger partial charge in [0.25, 0.3) is 0 Å². The number of ether oxygens (including phenoxy) is 1. The van der Waals surface area contributed by atoms with Crippen LogP contribution in [0.4, 0.5) is 5.82 Å². The van der Waals surface area contributed by atoms with Gasteiger partial charge in [-0.3, -0.25) is 9.36 Å². The van der Waals surface area contributed by atoms with E-state index < -0.39 is 18.2 Å². The number of carbonyl (C=O) groups is 1. The lowest BCUT2D eigenvalue weighted by Crippen LogP contribution is -2.42. The minimum Gasteiger partial charge on any atom is -0.387 e. The number of carbonyl (C=O) groups excluding carboxylic acids is 1. The minimum atomic E-state index is -0.821. The van der Waals surface area contributed by atoms with Gasteiger partial charge in [-0.2, -0.15) is 0 Å². The first kappa shape index (κ1) is 16.6. The van der Waals surface area contributed by atoms with Crippen molar-refractivity contribution in [2.75, 3.05) is 19.4 Å². The molecule has 24 heavy (non-hydrogen) atoms. The van der Waals surface area contributed by atoms with Gasteiger partial charge in [0.05, 0.1) is 18.5 Å². The van der Waals surface area contributed by atoms with E-state index in [1.165, 1.54) is 6.33 Å². The Morgan fingerprint density at radius 2 is 2.21 bits per heavy atom. The summed E-state index contributed by atoms with van der Waals surface area (Å²) in [4.78, 5) is 23.7. The van der Waals surface area contributed by atoms with E-state index in [4.69, 9.17) is 10.5 Å². The second-order valence-electron chi connectivity index (χ2n) is 5.67. The molecule has 130 valence electrons. The summed E-state index contributed by atoms with van der Waals surface area (Å²) in [7, 11) is 3.49. The minimum absolute atomic E-state index is 0.193. The van der Waals surface area contributed by atoms with E-state index in [2.05, 4.69) is 25.6 Å². The van der Waals surface area contributed by atoms with Gasteiger partial charge in [0, 0.05) is 13.5 Å². The molecule has 10 heteroatoms. The number of primary amides is 1. The highest BCUT2D eigenvalue weighted by Gasteiger charge is 2.44. The molecule has 2 unspecified atom stereocenters. The average Bonchev–Trinajstić information content (AvgIpc) is 3.13. The lowest BCUT2D eigenvalue weighted by Gasteiger charge is -2.19. The smallest absolute Gasteiger partial charge is 0.217 e. The van der Waals surface area contributed by atoms with Crippen LogP contribution >= 0.6 is 0 Å². The number of anilines is 1. The van der Waals surface area contributed by atoms with Gasteiger partial charge in [0.2, 0.25) is 5.91 Å². The molecule has 0 saturated carbocycles. The molecule has 0 bridgehead atoms. The highest BCUT2D eigenvalue weighted by molar-refractivity contribution is 5.82. The molecule has 0 aromatic carbocycles. The largest absolute Gasteiger partial charge is 0.387 e. The summed E-state index contributed by atoms with van der Waals surface area (Å²) in [5, 5.41) is 16.6. The predicted molar refractivity (Wildman–Crippen MR) is 86.1 cm³/mol. The Morgan fingerprint density at radius 1 is 1.42 bits per heavy atom. The Hall–Kier alpha value is -2.30. The molecular weight excluding hydrogens is 314 g/mol. The number of likely N-dealkylation sites (N-methyl/N-ethyl adjacent to an activating group) is 1. The fourth-order valence-corrected chi connectivity index (χ4v) is 3.08. The summed E-state index contributed by atoms with van der Waals surface area (Å²) in [6.45, 7) is 0. The van der Waals surface area contributed by atoms with Gasteiger partial charge in [-0.15, -0.1) is 0 Å². The van der Waals surface area contributed by atoms with E-state index in [0.717, 1.165) is 0 Å². The molecule has 1 amide bonds. The van der Waals surface area contributed by atoms with Crippen LogP contribution in [0.3, 0.4) is 0 Å². The lowest BCUT2D eigenvalue weighted by atomic mass is 10.0. The molecule has 1 saturated heterocycles. The fraction of sp³-hybridized carbons (Fsp3) is 0.571. The molecule has 1 fully saturated rings. The van der Waals surface area contributed by atoms with Crippen molar-refractivity contribution in [1.82, 2.24) is 24.8 Å². The van der Waals surface area contributed by atoms with E-state index in [9.17, 15) is 9.90 Å². The average molecular weight is 335 g/mol. The van der Waals surface area contributed by atoms with Gasteiger partial charge in [0.15, 0.2) is 17.7 Å². The monoisotopic (exact) mass is 335 g/mol. The maximum Gasteiger partial charge on any atom is 0.217 e. The van der Waals surface area contributed by atoms with E-state index in [0.29, 0.717) is 23.4 Å². The maximum absolute atomic E-state index is 11.0. The summed E-state index contributed by atoms with van der Waals surface area (Å²) in [5.41, 5.74) is 6.37. The first-order valence-electron chi connectivity index (χ1n) is 7.71. The predicted octanol–water partition coefficient (Wildman–Crippen LogP) is -1.02. The molecule has 0 spiro atoms. The van der Waals surface area contributed by atoms with Crippen LogP contribution < -0.4 is 16.4 Å². The lowest BCUT2D eigenvalue weighted by molar-refractivity contribution is -0.119. The number of aromatic nitrogens is 4. The molecule has 1 aliphatic rings. The van der Waals surface area contributed by atoms with Gasteiger partial charge >= 0.3 is 0 Å². The number of fused-ring (bicyclic) bond motifs is 1. The van der Waals surface area contributed by atoms with Crippen molar-refractivity contribution in [2.24, 2.45) is 5.73 Å². The van der Waals surface area contributed by atoms with E-state index in [1.807, 2.05) is 0 Å². The third-order valence-electron chi connectivity index (χ3n) is 4.25. The molecule has 1 aliphatic heterocycles. The second kappa shape index (κ2) is 6.67. The number of hydrogen-bond donors (Lipinski definition) is 4. The van der Waals surface area contributed by atoms with Crippen molar-refractivity contribution in [3.05, 3.63) is 12.7 Å². The third-order valence-corrected chi connectivity index (χ3v) is 4.25. The van der Waals surface area contributed by atoms with Crippen molar-refractivity contribution in [1.29, 1.82) is 0 Å². The van der Waals surface area contributed by atoms with Crippen LogP contribution in [0.5, 0.6) is 0 Å². The Balaban J connectivity index is 1.90. The van der Waals surface area contributed by atoms with Gasteiger partial charge < -0.3 is 26.2 Å². The molecule has 10 nitrogen and oxygen atoms in total. The third kappa shape index (κ3) is 2.79. The first-order valence-corrected chi connectivity index (χ1v) is 7.71. The topological polar surface area (TPSA) is 140 Å². The zero-order valence-electron chi connectivity index (χ0n) is 13.5. The number of imidazole rings is 1. The Labute approximate surface area is 138 Å². The van der Waals surface area contributed by atoms with Crippen LogP contribution in [0.15, 0.2) is 12.7 Å². The van der Waals surface area contributed by atoms with Crippen molar-refractivity contribution < 1.29 is 14.6 Å². The van der Waals surface area contributed by atoms with Gasteiger partial charge in [0.1, 0.15) is 17.9 Å². The summed E-state index contributed by atoms with van der Waals surface area (Å²) >= 11 is 0. The highest BCUT2D eigenvalue weighted by atomic mass is 16.5. The number of rotatable bonds is 6. The van der Waals surface area contributed by atoms with Gasteiger partial charge in [-0.25, -0.2) is 15.0 Å². The zero-order chi connectivity index (χ0) is 17.3. The van der Waals surface area contributed by atoms with Crippen LogP contribution in [0.25, 0.3) is 11.2 Å². The fourth-order valence-electron chi connectivity index (χ4n) is 3.08. The van der Waals surface area contributed by atoms with E-state index in [1.54, 1.807) is 25.0 Å². The molecule has 2 aromatic heterocycles. The molecule has 3 heterocycles. The number of nitrogens with zero attached hydrogens (tertiary/aromatic N) is 4. The molecule has 4 atom stereocenters. The molecule has 0 aliphatic carbocycles. The highest BCUT2D eigenvalue weighted by Crippen LogP contribution is 2.33.